The van der Waals surface area contributed by atoms with E-state index in [9.17, 15) is 0 Å². The van der Waals surface area contributed by atoms with Crippen LogP contribution in [-0.4, -0.2) is 49.8 Å². The summed E-state index contributed by atoms with van der Waals surface area (Å²) in [5.74, 6) is 2.47. The molecule has 0 aromatic heterocycles. The maximum Gasteiger partial charge on any atom is 0.0702 e. The molecule has 0 aromatic rings. The molecule has 6 atom stereocenters. The van der Waals surface area contributed by atoms with Gasteiger partial charge in [-0.05, 0) is 64.0 Å². The molecule has 1 aliphatic heterocycles. The van der Waals surface area contributed by atoms with Gasteiger partial charge in [-0.2, -0.15) is 0 Å². The summed E-state index contributed by atoms with van der Waals surface area (Å²) in [5.41, 5.74) is 0. The first kappa shape index (κ1) is 17.2. The molecule has 2 aliphatic rings. The molecule has 124 valence electrons. The van der Waals surface area contributed by atoms with Gasteiger partial charge in [-0.3, -0.25) is 0 Å². The average Bonchev–Trinajstić information content (AvgIpc) is 2.86. The van der Waals surface area contributed by atoms with Gasteiger partial charge >= 0.3 is 0 Å². The van der Waals surface area contributed by atoms with Gasteiger partial charge in [0.15, 0.2) is 0 Å². The van der Waals surface area contributed by atoms with Gasteiger partial charge in [-0.15, -0.1) is 0 Å². The number of nitrogens with one attached hydrogen (secondary N) is 1. The van der Waals surface area contributed by atoms with Crippen LogP contribution in [0.1, 0.15) is 53.4 Å². The molecule has 3 heteroatoms. The highest BCUT2D eigenvalue weighted by Crippen LogP contribution is 2.35. The molecule has 0 amide bonds. The van der Waals surface area contributed by atoms with Crippen LogP contribution in [-0.2, 0) is 4.74 Å². The van der Waals surface area contributed by atoms with E-state index in [0.717, 1.165) is 30.9 Å². The number of nitrogens with zero attached hydrogens (tertiary/aromatic N) is 1. The average molecular weight is 296 g/mol. The van der Waals surface area contributed by atoms with Gasteiger partial charge in [0.2, 0.25) is 0 Å². The minimum atomic E-state index is 0.398. The van der Waals surface area contributed by atoms with E-state index in [2.05, 4.69) is 45.0 Å². The van der Waals surface area contributed by atoms with E-state index in [1.807, 2.05) is 0 Å². The minimum absolute atomic E-state index is 0.398. The van der Waals surface area contributed by atoms with E-state index in [1.165, 1.54) is 32.2 Å². The van der Waals surface area contributed by atoms with Crippen LogP contribution >= 0.6 is 0 Å². The summed E-state index contributed by atoms with van der Waals surface area (Å²) >= 11 is 0. The predicted octanol–water partition coefficient (Wildman–Crippen LogP) is 3.15. The fourth-order valence-corrected chi connectivity index (χ4v) is 4.55. The van der Waals surface area contributed by atoms with Crippen molar-refractivity contribution in [3.8, 4) is 0 Å². The summed E-state index contributed by atoms with van der Waals surface area (Å²) < 4.78 is 5.75. The standard InChI is InChI=1S/C18H36N2O/c1-6-8-19-17-11-13(2)10-14(3)16(17)12-20(5)18-7-9-21-15(18)4/h13-19H,6-12H2,1-5H3. The fourth-order valence-electron chi connectivity index (χ4n) is 4.55. The van der Waals surface area contributed by atoms with E-state index in [4.69, 9.17) is 4.74 Å². The summed E-state index contributed by atoms with van der Waals surface area (Å²) in [6.45, 7) is 12.7. The zero-order valence-corrected chi connectivity index (χ0v) is 14.8. The number of rotatable bonds is 6. The lowest BCUT2D eigenvalue weighted by Gasteiger charge is -2.43. The third kappa shape index (κ3) is 4.43. The molecule has 3 nitrogen and oxygen atoms in total. The Kier molecular flexibility index (Phi) is 6.51. The van der Waals surface area contributed by atoms with Crippen LogP contribution in [0.15, 0.2) is 0 Å². The lowest BCUT2D eigenvalue weighted by atomic mass is 9.72. The summed E-state index contributed by atoms with van der Waals surface area (Å²) in [6, 6.07) is 1.31. The van der Waals surface area contributed by atoms with Crippen LogP contribution in [0.3, 0.4) is 0 Å². The third-order valence-corrected chi connectivity index (χ3v) is 5.74. The molecule has 0 radical (unpaired) electrons. The first-order valence-corrected chi connectivity index (χ1v) is 9.08. The van der Waals surface area contributed by atoms with Gasteiger partial charge in [-0.1, -0.05) is 20.8 Å². The first-order valence-electron chi connectivity index (χ1n) is 9.08. The van der Waals surface area contributed by atoms with Crippen molar-refractivity contribution in [3.05, 3.63) is 0 Å². The molecule has 1 saturated carbocycles. The summed E-state index contributed by atoms with van der Waals surface area (Å²) in [7, 11) is 2.30. The maximum atomic E-state index is 5.75. The highest BCUT2D eigenvalue weighted by atomic mass is 16.5. The quantitative estimate of drug-likeness (QED) is 0.815. The van der Waals surface area contributed by atoms with Crippen LogP contribution in [0, 0.1) is 17.8 Å². The van der Waals surface area contributed by atoms with Crippen molar-refractivity contribution in [2.24, 2.45) is 17.8 Å². The summed E-state index contributed by atoms with van der Waals surface area (Å²) in [6.07, 6.45) is 5.56. The topological polar surface area (TPSA) is 24.5 Å². The lowest BCUT2D eigenvalue weighted by molar-refractivity contribution is 0.0556. The third-order valence-electron chi connectivity index (χ3n) is 5.74. The van der Waals surface area contributed by atoms with Crippen LogP contribution in [0.4, 0.5) is 0 Å². The van der Waals surface area contributed by atoms with Gasteiger partial charge in [0, 0.05) is 25.2 Å². The smallest absolute Gasteiger partial charge is 0.0702 e. The maximum absolute atomic E-state index is 5.75. The monoisotopic (exact) mass is 296 g/mol. The van der Waals surface area contributed by atoms with Crippen molar-refractivity contribution in [1.29, 1.82) is 0 Å². The first-order chi connectivity index (χ1) is 10.0. The van der Waals surface area contributed by atoms with Crippen molar-refractivity contribution >= 4 is 0 Å². The number of hydrogen-bond acceptors (Lipinski definition) is 3. The molecule has 2 rings (SSSR count). The highest BCUT2D eigenvalue weighted by Gasteiger charge is 2.36. The molecular weight excluding hydrogens is 260 g/mol. The Morgan fingerprint density at radius 1 is 1.19 bits per heavy atom. The molecule has 0 spiro atoms. The van der Waals surface area contributed by atoms with Crippen LogP contribution in [0.2, 0.25) is 0 Å². The zero-order chi connectivity index (χ0) is 15.4. The Morgan fingerprint density at radius 2 is 1.95 bits per heavy atom. The van der Waals surface area contributed by atoms with Gasteiger partial charge in [0.05, 0.1) is 6.10 Å². The predicted molar refractivity (Wildman–Crippen MR) is 89.6 cm³/mol. The number of ether oxygens (including phenoxy) is 1. The van der Waals surface area contributed by atoms with Crippen LogP contribution in [0.25, 0.3) is 0 Å². The van der Waals surface area contributed by atoms with Crippen molar-refractivity contribution in [3.63, 3.8) is 0 Å². The van der Waals surface area contributed by atoms with Crippen molar-refractivity contribution < 1.29 is 4.74 Å². The Labute approximate surface area is 131 Å². The van der Waals surface area contributed by atoms with E-state index in [0.29, 0.717) is 18.2 Å². The van der Waals surface area contributed by atoms with Gasteiger partial charge in [0.25, 0.3) is 0 Å². The largest absolute Gasteiger partial charge is 0.377 e. The lowest BCUT2D eigenvalue weighted by Crippen LogP contribution is -2.51. The SMILES string of the molecule is CCCNC1CC(C)CC(C)C1CN(C)C1CCOC1C. The van der Waals surface area contributed by atoms with Crippen LogP contribution in [0.5, 0.6) is 0 Å². The molecule has 21 heavy (non-hydrogen) atoms. The Hall–Kier alpha value is -0.120. The normalized spacial score (nSPS) is 40.9. The molecule has 1 aliphatic carbocycles. The van der Waals surface area contributed by atoms with Crippen molar-refractivity contribution in [2.75, 3.05) is 26.7 Å². The minimum Gasteiger partial charge on any atom is -0.377 e. The summed E-state index contributed by atoms with van der Waals surface area (Å²) in [4.78, 5) is 2.58. The summed E-state index contributed by atoms with van der Waals surface area (Å²) in [5, 5.41) is 3.83. The van der Waals surface area contributed by atoms with Gasteiger partial charge in [0.1, 0.15) is 0 Å². The highest BCUT2D eigenvalue weighted by molar-refractivity contribution is 4.91. The Balaban J connectivity index is 1.96. The molecule has 1 heterocycles. The number of likely N-dealkylation sites (N-methyl/N-ethyl adjacent to an activating group) is 1. The number of hydrogen-bond donors (Lipinski definition) is 1. The van der Waals surface area contributed by atoms with Crippen molar-refractivity contribution in [1.82, 2.24) is 10.2 Å². The van der Waals surface area contributed by atoms with E-state index < -0.39 is 0 Å². The molecule has 0 aromatic carbocycles. The molecule has 6 unspecified atom stereocenters. The van der Waals surface area contributed by atoms with Crippen molar-refractivity contribution in [2.45, 2.75) is 71.6 Å². The molecule has 1 N–H and O–H groups in total. The fraction of sp³-hybridized carbons (Fsp3) is 1.00. The van der Waals surface area contributed by atoms with Gasteiger partial charge < -0.3 is 15.0 Å². The second-order valence-electron chi connectivity index (χ2n) is 7.65. The zero-order valence-electron chi connectivity index (χ0n) is 14.8. The van der Waals surface area contributed by atoms with Gasteiger partial charge in [-0.25, -0.2) is 0 Å². The second kappa shape index (κ2) is 7.94. The molecule has 0 bridgehead atoms. The Bertz CT molecular complexity index is 310. The van der Waals surface area contributed by atoms with E-state index in [-0.39, 0.29) is 0 Å². The Morgan fingerprint density at radius 3 is 2.57 bits per heavy atom. The van der Waals surface area contributed by atoms with E-state index in [1.54, 1.807) is 0 Å². The van der Waals surface area contributed by atoms with Crippen LogP contribution < -0.4 is 5.32 Å². The molecule has 1 saturated heterocycles. The van der Waals surface area contributed by atoms with E-state index >= 15 is 0 Å². The molecular formula is C18H36N2O. The second-order valence-corrected chi connectivity index (χ2v) is 7.65. The molecule has 2 fully saturated rings.